The zero-order valence-electron chi connectivity index (χ0n) is 10.0. The van der Waals surface area contributed by atoms with Crippen molar-refractivity contribution in [2.45, 2.75) is 19.9 Å². The topological polar surface area (TPSA) is 65.9 Å². The lowest BCUT2D eigenvalue weighted by Crippen LogP contribution is -2.26. The highest BCUT2D eigenvalue weighted by Crippen LogP contribution is 2.21. The van der Waals surface area contributed by atoms with Crippen LogP contribution in [-0.2, 0) is 0 Å². The molecule has 1 heterocycles. The Hall–Kier alpha value is -1.60. The van der Waals surface area contributed by atoms with Crippen molar-refractivity contribution in [3.05, 3.63) is 23.9 Å². The fraction of sp³-hybridized carbons (Fsp3) is 0.500. The molecule has 2 N–H and O–H groups in total. The molecule has 16 heavy (non-hydrogen) atoms. The van der Waals surface area contributed by atoms with Crippen molar-refractivity contribution in [3.8, 4) is 6.07 Å². The van der Waals surface area contributed by atoms with Gasteiger partial charge in [0.15, 0.2) is 0 Å². The Balaban J connectivity index is 2.91. The number of nitrogens with zero attached hydrogens (tertiary/aromatic N) is 3. The van der Waals surface area contributed by atoms with Crippen molar-refractivity contribution in [1.29, 1.82) is 5.26 Å². The molecule has 0 radical (unpaired) electrons. The Morgan fingerprint density at radius 1 is 1.56 bits per heavy atom. The number of hydrogen-bond acceptors (Lipinski definition) is 4. The molecule has 4 nitrogen and oxygen atoms in total. The average molecular weight is 218 g/mol. The van der Waals surface area contributed by atoms with Crippen LogP contribution in [0.3, 0.4) is 0 Å². The maximum atomic E-state index is 8.79. The number of pyridine rings is 1. The smallest absolute Gasteiger partial charge is 0.133 e. The summed E-state index contributed by atoms with van der Waals surface area (Å²) in [5.41, 5.74) is 6.89. The van der Waals surface area contributed by atoms with Gasteiger partial charge < -0.3 is 10.6 Å². The number of anilines is 1. The van der Waals surface area contributed by atoms with Gasteiger partial charge in [0, 0.05) is 31.4 Å². The fourth-order valence-corrected chi connectivity index (χ4v) is 1.62. The Morgan fingerprint density at radius 3 is 2.81 bits per heavy atom. The van der Waals surface area contributed by atoms with Crippen molar-refractivity contribution in [3.63, 3.8) is 0 Å². The number of nitriles is 1. The van der Waals surface area contributed by atoms with E-state index in [2.05, 4.69) is 11.1 Å². The summed E-state index contributed by atoms with van der Waals surface area (Å²) in [5.74, 6) is 0.840. The number of aromatic nitrogens is 1. The Labute approximate surface area is 96.7 Å². The second-order valence-corrected chi connectivity index (χ2v) is 4.12. The average Bonchev–Trinajstić information content (AvgIpc) is 2.28. The van der Waals surface area contributed by atoms with E-state index in [0.717, 1.165) is 11.4 Å². The highest BCUT2D eigenvalue weighted by molar-refractivity contribution is 5.47. The van der Waals surface area contributed by atoms with Crippen LogP contribution in [0, 0.1) is 17.2 Å². The van der Waals surface area contributed by atoms with Crippen molar-refractivity contribution < 1.29 is 0 Å². The lowest BCUT2D eigenvalue weighted by atomic mass is 10.1. The molecule has 1 unspecified atom stereocenters. The van der Waals surface area contributed by atoms with Gasteiger partial charge in [0.1, 0.15) is 5.82 Å². The van der Waals surface area contributed by atoms with E-state index in [9.17, 15) is 0 Å². The van der Waals surface area contributed by atoms with Gasteiger partial charge in [-0.3, -0.25) is 0 Å². The van der Waals surface area contributed by atoms with E-state index in [0.29, 0.717) is 6.54 Å². The first-order chi connectivity index (χ1) is 7.56. The third-order valence-corrected chi connectivity index (χ3v) is 2.44. The van der Waals surface area contributed by atoms with Crippen LogP contribution < -0.4 is 10.6 Å². The molecule has 0 aliphatic rings. The van der Waals surface area contributed by atoms with Gasteiger partial charge in [-0.15, -0.1) is 0 Å². The maximum Gasteiger partial charge on any atom is 0.133 e. The first kappa shape index (κ1) is 12.5. The second-order valence-electron chi connectivity index (χ2n) is 4.12. The summed E-state index contributed by atoms with van der Waals surface area (Å²) >= 11 is 0. The highest BCUT2D eigenvalue weighted by Gasteiger charge is 2.13. The summed E-state index contributed by atoms with van der Waals surface area (Å²) < 4.78 is 0. The van der Waals surface area contributed by atoms with Gasteiger partial charge in [-0.05, 0) is 19.9 Å². The van der Waals surface area contributed by atoms with Crippen LogP contribution in [0.2, 0.25) is 0 Å². The molecule has 4 heteroatoms. The van der Waals surface area contributed by atoms with Crippen LogP contribution in [0.25, 0.3) is 0 Å². The summed E-state index contributed by atoms with van der Waals surface area (Å²) in [6, 6.07) is 6.01. The van der Waals surface area contributed by atoms with Gasteiger partial charge >= 0.3 is 0 Å². The van der Waals surface area contributed by atoms with Crippen molar-refractivity contribution in [1.82, 2.24) is 4.98 Å². The molecule has 0 amide bonds. The van der Waals surface area contributed by atoms with Gasteiger partial charge in [-0.1, -0.05) is 6.07 Å². The molecule has 0 saturated carbocycles. The minimum absolute atomic E-state index is 0.0204. The predicted molar refractivity (Wildman–Crippen MR) is 64.9 cm³/mol. The summed E-state index contributed by atoms with van der Waals surface area (Å²) in [6.07, 6.45) is 1.74. The van der Waals surface area contributed by atoms with Crippen LogP contribution in [0.1, 0.15) is 25.5 Å². The normalized spacial score (nSPS) is 13.9. The van der Waals surface area contributed by atoms with Gasteiger partial charge in [0.2, 0.25) is 0 Å². The van der Waals surface area contributed by atoms with Gasteiger partial charge in [-0.25, -0.2) is 4.98 Å². The van der Waals surface area contributed by atoms with Crippen LogP contribution >= 0.6 is 0 Å². The number of nitrogens with two attached hydrogens (primary N) is 1. The van der Waals surface area contributed by atoms with E-state index in [-0.39, 0.29) is 12.0 Å². The van der Waals surface area contributed by atoms with Crippen molar-refractivity contribution >= 4 is 5.82 Å². The highest BCUT2D eigenvalue weighted by atomic mass is 15.2. The van der Waals surface area contributed by atoms with Crippen LogP contribution in [0.15, 0.2) is 18.3 Å². The molecule has 0 aromatic carbocycles. The largest absolute Gasteiger partial charge is 0.358 e. The monoisotopic (exact) mass is 218 g/mol. The molecule has 86 valence electrons. The van der Waals surface area contributed by atoms with E-state index in [1.54, 1.807) is 6.20 Å². The molecule has 0 saturated heterocycles. The molecule has 1 rings (SSSR count). The van der Waals surface area contributed by atoms with Gasteiger partial charge in [0.25, 0.3) is 0 Å². The molecule has 1 aromatic heterocycles. The standard InChI is InChI=1S/C12H18N4/c1-9(7-13)8-16(3)12-11(10(2)14)5-4-6-15-12/h4-6,9-10H,8,14H2,1-3H3/t9?,10-/m0/s1. The summed E-state index contributed by atoms with van der Waals surface area (Å²) in [4.78, 5) is 6.30. The van der Waals surface area contributed by atoms with E-state index in [1.807, 2.05) is 37.9 Å². The molecule has 0 aliphatic carbocycles. The summed E-state index contributed by atoms with van der Waals surface area (Å²) in [7, 11) is 1.93. The third kappa shape index (κ3) is 2.94. The maximum absolute atomic E-state index is 8.79. The summed E-state index contributed by atoms with van der Waals surface area (Å²) in [6.45, 7) is 4.49. The second kappa shape index (κ2) is 5.47. The molecule has 0 spiro atoms. The van der Waals surface area contributed by atoms with E-state index < -0.39 is 0 Å². The first-order valence-corrected chi connectivity index (χ1v) is 5.37. The zero-order valence-corrected chi connectivity index (χ0v) is 10.0. The lowest BCUT2D eigenvalue weighted by molar-refractivity contribution is 0.700. The molecule has 2 atom stereocenters. The quantitative estimate of drug-likeness (QED) is 0.835. The Bertz CT molecular complexity index is 381. The van der Waals surface area contributed by atoms with E-state index in [4.69, 9.17) is 11.0 Å². The molecule has 0 aliphatic heterocycles. The Kier molecular flexibility index (Phi) is 4.27. The fourth-order valence-electron chi connectivity index (χ4n) is 1.62. The minimum atomic E-state index is -0.0523. The minimum Gasteiger partial charge on any atom is -0.358 e. The van der Waals surface area contributed by atoms with Gasteiger partial charge in [-0.2, -0.15) is 5.26 Å². The molecule has 0 fully saturated rings. The Morgan fingerprint density at radius 2 is 2.25 bits per heavy atom. The molecular weight excluding hydrogens is 200 g/mol. The predicted octanol–water partition coefficient (Wildman–Crippen LogP) is 1.70. The van der Waals surface area contributed by atoms with E-state index in [1.165, 1.54) is 0 Å². The van der Waals surface area contributed by atoms with Crippen LogP contribution in [0.4, 0.5) is 5.82 Å². The lowest BCUT2D eigenvalue weighted by Gasteiger charge is -2.23. The zero-order chi connectivity index (χ0) is 12.1. The summed E-state index contributed by atoms with van der Waals surface area (Å²) in [5, 5.41) is 8.79. The number of rotatable bonds is 4. The molecular formula is C12H18N4. The van der Waals surface area contributed by atoms with Gasteiger partial charge in [0.05, 0.1) is 12.0 Å². The van der Waals surface area contributed by atoms with Crippen molar-refractivity contribution in [2.24, 2.45) is 11.7 Å². The third-order valence-electron chi connectivity index (χ3n) is 2.44. The first-order valence-electron chi connectivity index (χ1n) is 5.37. The molecule has 1 aromatic rings. The van der Waals surface area contributed by atoms with Crippen molar-refractivity contribution in [2.75, 3.05) is 18.5 Å². The molecule has 0 bridgehead atoms. The SMILES string of the molecule is CC(C#N)CN(C)c1ncccc1[C@H](C)N. The van der Waals surface area contributed by atoms with Crippen LogP contribution in [-0.4, -0.2) is 18.6 Å². The number of hydrogen-bond donors (Lipinski definition) is 1. The van der Waals surface area contributed by atoms with Crippen LogP contribution in [0.5, 0.6) is 0 Å². The van der Waals surface area contributed by atoms with E-state index >= 15 is 0 Å².